The average Bonchev–Trinajstić information content (AvgIpc) is 3.21. The van der Waals surface area contributed by atoms with Crippen LogP contribution in [0.3, 0.4) is 0 Å². The van der Waals surface area contributed by atoms with Crippen LogP contribution in [-0.4, -0.2) is 46.8 Å². The molecule has 11 heteroatoms. The van der Waals surface area contributed by atoms with Gasteiger partial charge in [0.2, 0.25) is 0 Å². The molecule has 1 aliphatic carbocycles. The van der Waals surface area contributed by atoms with Crippen LogP contribution in [0, 0.1) is 0 Å². The number of phenols is 2. The van der Waals surface area contributed by atoms with E-state index in [1.54, 1.807) is 12.1 Å². The molecule has 3 aromatic rings. The number of aryl methyl sites for hydroxylation is 3. The van der Waals surface area contributed by atoms with Crippen LogP contribution in [0.4, 0.5) is 22.0 Å². The molecule has 0 amide bonds. The van der Waals surface area contributed by atoms with Crippen LogP contribution in [0.2, 0.25) is 0 Å². The fraction of sp³-hybridized carbons (Fsp3) is 0.548. The molecule has 0 aliphatic heterocycles. The highest BCUT2D eigenvalue weighted by Crippen LogP contribution is 2.42. The Morgan fingerprint density at radius 2 is 1.33 bits per heavy atom. The van der Waals surface area contributed by atoms with E-state index in [4.69, 9.17) is 0 Å². The average molecular weight is 616 g/mol. The Morgan fingerprint density at radius 1 is 0.738 bits per heavy atom. The molecule has 1 aromatic heterocycles. The number of alkyl halides is 5. The lowest BCUT2D eigenvalue weighted by Crippen LogP contribution is -2.36. The van der Waals surface area contributed by atoms with Crippen molar-refractivity contribution >= 4 is 20.7 Å². The van der Waals surface area contributed by atoms with Crippen LogP contribution in [0.5, 0.6) is 11.5 Å². The quantitative estimate of drug-likeness (QED) is 0.133. The molecular formula is C31H38F5NO4S. The predicted octanol–water partition coefficient (Wildman–Crippen LogP) is 8.33. The normalized spacial score (nSPS) is 13.8. The minimum absolute atomic E-state index is 0.194. The van der Waals surface area contributed by atoms with Gasteiger partial charge in [0, 0.05) is 29.4 Å². The second kappa shape index (κ2) is 13.2. The molecule has 5 nitrogen and oxygen atoms in total. The Bertz CT molecular complexity index is 1480. The Labute approximate surface area is 243 Å². The molecule has 0 saturated carbocycles. The fourth-order valence-corrected chi connectivity index (χ4v) is 7.33. The lowest BCUT2D eigenvalue weighted by molar-refractivity contribution is -0.284. The third kappa shape index (κ3) is 7.76. The van der Waals surface area contributed by atoms with E-state index in [0.29, 0.717) is 12.8 Å². The van der Waals surface area contributed by atoms with Crippen LogP contribution in [0.15, 0.2) is 36.4 Å². The van der Waals surface area contributed by atoms with E-state index in [1.165, 1.54) is 5.56 Å². The number of unbranched alkanes of at least 4 members (excludes halogenated alkanes) is 7. The Hall–Kier alpha value is -2.82. The third-order valence-corrected chi connectivity index (χ3v) is 9.91. The van der Waals surface area contributed by atoms with Crippen LogP contribution < -0.4 is 0 Å². The second-order valence-corrected chi connectivity index (χ2v) is 13.6. The first kappa shape index (κ1) is 32.1. The minimum Gasteiger partial charge on any atom is -0.508 e. The zero-order valence-electron chi connectivity index (χ0n) is 23.5. The van der Waals surface area contributed by atoms with E-state index in [1.807, 2.05) is 24.3 Å². The number of aromatic hydroxyl groups is 2. The van der Waals surface area contributed by atoms with Gasteiger partial charge < -0.3 is 14.8 Å². The Morgan fingerprint density at radius 3 is 2.02 bits per heavy atom. The fourth-order valence-electron chi connectivity index (χ4n) is 5.89. The van der Waals surface area contributed by atoms with Crippen molar-refractivity contribution in [3.63, 3.8) is 0 Å². The van der Waals surface area contributed by atoms with Crippen molar-refractivity contribution in [2.24, 2.45) is 0 Å². The Kier molecular flexibility index (Phi) is 10.1. The van der Waals surface area contributed by atoms with Crippen LogP contribution >= 0.6 is 0 Å². The highest BCUT2D eigenvalue weighted by molar-refractivity contribution is 7.91. The topological polar surface area (TPSA) is 79.5 Å². The number of nitrogens with zero attached hydrogens (tertiary/aromatic N) is 1. The SMILES string of the molecule is O=S(=O)(CCCCCCCCCCn1c2c(c3cc(O)ccc31)CCc1cc(O)ccc1-2)CCCC(F)(F)C(F)(F)F. The summed E-state index contributed by atoms with van der Waals surface area (Å²) >= 11 is 0. The molecule has 0 saturated heterocycles. The second-order valence-electron chi connectivity index (χ2n) is 11.3. The molecule has 232 valence electrons. The largest absolute Gasteiger partial charge is 0.508 e. The van der Waals surface area contributed by atoms with Crippen LogP contribution in [-0.2, 0) is 29.2 Å². The molecule has 2 aromatic carbocycles. The van der Waals surface area contributed by atoms with Crippen molar-refractivity contribution in [3.05, 3.63) is 47.5 Å². The van der Waals surface area contributed by atoms with Crippen molar-refractivity contribution in [2.45, 2.75) is 95.7 Å². The van der Waals surface area contributed by atoms with E-state index in [-0.39, 0.29) is 17.3 Å². The molecule has 2 N–H and O–H groups in total. The summed E-state index contributed by atoms with van der Waals surface area (Å²) in [4.78, 5) is 0. The van der Waals surface area contributed by atoms with Gasteiger partial charge in [-0.3, -0.25) is 0 Å². The van der Waals surface area contributed by atoms with Crippen molar-refractivity contribution in [1.82, 2.24) is 4.57 Å². The highest BCUT2D eigenvalue weighted by Gasteiger charge is 2.56. The lowest BCUT2D eigenvalue weighted by Gasteiger charge is -2.20. The van der Waals surface area contributed by atoms with E-state index >= 15 is 0 Å². The van der Waals surface area contributed by atoms with Crippen LogP contribution in [0.25, 0.3) is 22.2 Å². The van der Waals surface area contributed by atoms with E-state index < -0.39 is 40.5 Å². The summed E-state index contributed by atoms with van der Waals surface area (Å²) in [7, 11) is -3.65. The van der Waals surface area contributed by atoms with Gasteiger partial charge in [-0.25, -0.2) is 8.42 Å². The molecule has 0 spiro atoms. The first-order chi connectivity index (χ1) is 19.8. The maximum Gasteiger partial charge on any atom is 0.453 e. The first-order valence-electron chi connectivity index (χ1n) is 14.6. The first-order valence-corrected chi connectivity index (χ1v) is 16.4. The summed E-state index contributed by atoms with van der Waals surface area (Å²) in [5.41, 5.74) is 5.70. The van der Waals surface area contributed by atoms with Gasteiger partial charge in [-0.2, -0.15) is 22.0 Å². The monoisotopic (exact) mass is 615 g/mol. The van der Waals surface area contributed by atoms with Gasteiger partial charge >= 0.3 is 12.1 Å². The zero-order valence-corrected chi connectivity index (χ0v) is 24.3. The van der Waals surface area contributed by atoms with Gasteiger partial charge in [-0.1, -0.05) is 38.5 Å². The van der Waals surface area contributed by atoms with Crippen molar-refractivity contribution < 1.29 is 40.6 Å². The molecule has 0 bridgehead atoms. The smallest absolute Gasteiger partial charge is 0.453 e. The molecule has 0 fully saturated rings. The van der Waals surface area contributed by atoms with E-state index in [9.17, 15) is 40.6 Å². The molecular weight excluding hydrogens is 577 g/mol. The van der Waals surface area contributed by atoms with Crippen LogP contribution in [0.1, 0.15) is 75.3 Å². The molecule has 1 heterocycles. The number of sulfone groups is 1. The number of rotatable bonds is 15. The summed E-state index contributed by atoms with van der Waals surface area (Å²) in [5.74, 6) is -5.22. The number of aromatic nitrogens is 1. The number of hydrogen-bond acceptors (Lipinski definition) is 4. The number of benzene rings is 2. The van der Waals surface area contributed by atoms with E-state index in [2.05, 4.69) is 4.57 Å². The number of halogens is 5. The summed E-state index contributed by atoms with van der Waals surface area (Å²) in [5, 5.41) is 21.1. The Balaban J connectivity index is 1.18. The van der Waals surface area contributed by atoms with Crippen molar-refractivity contribution in [3.8, 4) is 22.8 Å². The maximum absolute atomic E-state index is 13.0. The van der Waals surface area contributed by atoms with E-state index in [0.717, 1.165) is 85.6 Å². The molecule has 0 atom stereocenters. The molecule has 4 rings (SSSR count). The molecule has 42 heavy (non-hydrogen) atoms. The molecule has 1 aliphatic rings. The standard InChI is InChI=1S/C31H38F5NO4S/c32-30(33,31(34,35)36)16-9-19-42(40,41)18-8-6-4-2-1-3-5-7-17-37-28-15-12-24(39)21-27(28)26-13-10-22-20-23(38)11-14-25(22)29(26)37/h11-12,14-15,20-21,38-39H,1-10,13,16-19H2. The third-order valence-electron chi connectivity index (χ3n) is 8.09. The molecule has 0 radical (unpaired) electrons. The van der Waals surface area contributed by atoms with Crippen molar-refractivity contribution in [1.29, 1.82) is 0 Å². The number of hydrogen-bond donors (Lipinski definition) is 2. The van der Waals surface area contributed by atoms with Gasteiger partial charge in [0.1, 0.15) is 21.3 Å². The highest BCUT2D eigenvalue weighted by atomic mass is 32.2. The molecule has 0 unspecified atom stereocenters. The number of phenolic OH excluding ortho intramolecular Hbond substituents is 2. The van der Waals surface area contributed by atoms with Gasteiger partial charge in [-0.15, -0.1) is 0 Å². The lowest BCUT2D eigenvalue weighted by atomic mass is 9.88. The predicted molar refractivity (Wildman–Crippen MR) is 154 cm³/mol. The van der Waals surface area contributed by atoms with Gasteiger partial charge in [0.05, 0.1) is 17.2 Å². The minimum atomic E-state index is -5.66. The van der Waals surface area contributed by atoms with Gasteiger partial charge in [0.15, 0.2) is 0 Å². The zero-order chi connectivity index (χ0) is 30.5. The summed E-state index contributed by atoms with van der Waals surface area (Å²) in [6.45, 7) is 0.823. The maximum atomic E-state index is 13.0. The van der Waals surface area contributed by atoms with Gasteiger partial charge in [-0.05, 0) is 79.6 Å². The summed E-state index contributed by atoms with van der Waals surface area (Å²) < 4.78 is 88.8. The number of fused-ring (bicyclic) bond motifs is 5. The van der Waals surface area contributed by atoms with Gasteiger partial charge in [0.25, 0.3) is 0 Å². The summed E-state index contributed by atoms with van der Waals surface area (Å²) in [6.07, 6.45) is 0.623. The van der Waals surface area contributed by atoms with Crippen molar-refractivity contribution in [2.75, 3.05) is 11.5 Å². The summed E-state index contributed by atoms with van der Waals surface area (Å²) in [6, 6.07) is 11.0.